The second-order valence-electron chi connectivity index (χ2n) is 5.31. The molecule has 1 heterocycles. The fourth-order valence-electron chi connectivity index (χ4n) is 2.45. The van der Waals surface area contributed by atoms with Gasteiger partial charge in [-0.1, -0.05) is 0 Å². The number of unbranched alkanes of at least 4 members (excludes halogenated alkanes) is 1. The molecule has 4 heteroatoms. The van der Waals surface area contributed by atoms with Crippen LogP contribution in [0.1, 0.15) is 39.0 Å². The zero-order valence-electron chi connectivity index (χ0n) is 11.2. The van der Waals surface area contributed by atoms with Crippen LogP contribution in [0, 0.1) is 5.92 Å². The molecule has 0 aromatic rings. The lowest BCUT2D eigenvalue weighted by Crippen LogP contribution is -2.41. The van der Waals surface area contributed by atoms with Gasteiger partial charge in [0, 0.05) is 12.5 Å². The molecule has 0 aromatic carbocycles. The number of hydrogen-bond donors (Lipinski definition) is 2. The highest BCUT2D eigenvalue weighted by Gasteiger charge is 2.21. The fraction of sp³-hybridized carbons (Fsp3) is 0.923. The van der Waals surface area contributed by atoms with Crippen LogP contribution < -0.4 is 11.1 Å². The zero-order valence-corrected chi connectivity index (χ0v) is 11.2. The highest BCUT2D eigenvalue weighted by molar-refractivity contribution is 5.73. The average Bonchev–Trinajstić information content (AvgIpc) is 2.29. The third kappa shape index (κ3) is 6.03. The number of hydrogen-bond acceptors (Lipinski definition) is 3. The van der Waals surface area contributed by atoms with Gasteiger partial charge in [-0.05, 0) is 65.2 Å². The fourth-order valence-corrected chi connectivity index (χ4v) is 2.45. The van der Waals surface area contributed by atoms with Gasteiger partial charge in [0.05, 0.1) is 0 Å². The van der Waals surface area contributed by atoms with Crippen LogP contribution in [0.4, 0.5) is 0 Å². The summed E-state index contributed by atoms with van der Waals surface area (Å²) in [6.45, 7) is 5.72. The van der Waals surface area contributed by atoms with Crippen LogP contribution in [-0.4, -0.2) is 43.5 Å². The van der Waals surface area contributed by atoms with Gasteiger partial charge in [0.25, 0.3) is 0 Å². The van der Waals surface area contributed by atoms with Crippen LogP contribution >= 0.6 is 0 Å². The van der Waals surface area contributed by atoms with Crippen LogP contribution in [0.2, 0.25) is 0 Å². The van der Waals surface area contributed by atoms with Crippen molar-refractivity contribution in [3.8, 4) is 0 Å². The minimum absolute atomic E-state index is 0.187. The number of nitrogens with two attached hydrogens (primary N) is 1. The Hall–Kier alpha value is -0.610. The number of nitrogens with one attached hydrogen (secondary N) is 1. The normalized spacial score (nSPS) is 20.4. The largest absolute Gasteiger partial charge is 0.370 e. The molecule has 1 fully saturated rings. The van der Waals surface area contributed by atoms with Gasteiger partial charge in [0.2, 0.25) is 5.91 Å². The molecule has 0 aliphatic carbocycles. The molecule has 1 atom stereocenters. The van der Waals surface area contributed by atoms with Crippen molar-refractivity contribution in [1.82, 2.24) is 10.2 Å². The summed E-state index contributed by atoms with van der Waals surface area (Å²) < 4.78 is 0. The summed E-state index contributed by atoms with van der Waals surface area (Å²) in [5.74, 6) is 0.621. The van der Waals surface area contributed by atoms with Crippen LogP contribution in [0.5, 0.6) is 0 Å². The summed E-state index contributed by atoms with van der Waals surface area (Å²) in [6.07, 6.45) is 5.06. The lowest BCUT2D eigenvalue weighted by atomic mass is 9.90. The maximum Gasteiger partial charge on any atom is 0.217 e. The van der Waals surface area contributed by atoms with E-state index in [1.807, 2.05) is 0 Å². The molecule has 1 saturated heterocycles. The molecule has 1 rings (SSSR count). The molecular formula is C13H27N3O. The van der Waals surface area contributed by atoms with E-state index in [9.17, 15) is 4.79 Å². The second-order valence-corrected chi connectivity index (χ2v) is 5.31. The Morgan fingerprint density at radius 1 is 1.41 bits per heavy atom. The van der Waals surface area contributed by atoms with Gasteiger partial charge in [0.1, 0.15) is 0 Å². The van der Waals surface area contributed by atoms with Crippen molar-refractivity contribution >= 4 is 5.91 Å². The molecule has 3 N–H and O–H groups in total. The lowest BCUT2D eigenvalue weighted by molar-refractivity contribution is -0.118. The Morgan fingerprint density at radius 2 is 2.06 bits per heavy atom. The van der Waals surface area contributed by atoms with E-state index < -0.39 is 0 Å². The Labute approximate surface area is 105 Å². The first kappa shape index (κ1) is 14.5. The van der Waals surface area contributed by atoms with E-state index in [2.05, 4.69) is 24.2 Å². The number of primary amides is 1. The van der Waals surface area contributed by atoms with Gasteiger partial charge in [0.15, 0.2) is 0 Å². The minimum atomic E-state index is -0.187. The molecular weight excluding hydrogens is 214 g/mol. The first-order valence-electron chi connectivity index (χ1n) is 6.80. The van der Waals surface area contributed by atoms with Crippen LogP contribution in [0.25, 0.3) is 0 Å². The Balaban J connectivity index is 2.04. The lowest BCUT2D eigenvalue weighted by Gasteiger charge is -2.33. The van der Waals surface area contributed by atoms with E-state index >= 15 is 0 Å². The summed E-state index contributed by atoms with van der Waals surface area (Å²) in [5.41, 5.74) is 5.10. The number of rotatable bonds is 7. The maximum absolute atomic E-state index is 10.6. The van der Waals surface area contributed by atoms with Gasteiger partial charge < -0.3 is 16.0 Å². The third-order valence-electron chi connectivity index (χ3n) is 3.79. The Morgan fingerprint density at radius 3 is 2.65 bits per heavy atom. The predicted octanol–water partition coefficient (Wildman–Crippen LogP) is 0.962. The zero-order chi connectivity index (χ0) is 12.7. The van der Waals surface area contributed by atoms with E-state index in [1.54, 1.807) is 0 Å². The Kier molecular flexibility index (Phi) is 6.52. The van der Waals surface area contributed by atoms with Crippen molar-refractivity contribution in [2.24, 2.45) is 11.7 Å². The van der Waals surface area contributed by atoms with Crippen molar-refractivity contribution in [2.75, 3.05) is 26.7 Å². The SMILES string of the molecule is CC(NCCCCC(N)=O)C1CCN(C)CC1. The van der Waals surface area contributed by atoms with E-state index in [4.69, 9.17) is 5.73 Å². The molecule has 100 valence electrons. The molecule has 17 heavy (non-hydrogen) atoms. The molecule has 0 radical (unpaired) electrons. The van der Waals surface area contributed by atoms with E-state index in [1.165, 1.54) is 25.9 Å². The van der Waals surface area contributed by atoms with E-state index in [0.29, 0.717) is 12.5 Å². The number of carbonyl (C=O) groups is 1. The standard InChI is InChI=1S/C13H27N3O/c1-11(12-6-9-16(2)10-7-12)15-8-4-3-5-13(14)17/h11-12,15H,3-10H2,1-2H3,(H2,14,17). The van der Waals surface area contributed by atoms with Crippen LogP contribution in [0.3, 0.4) is 0 Å². The first-order chi connectivity index (χ1) is 8.09. The minimum Gasteiger partial charge on any atom is -0.370 e. The van der Waals surface area contributed by atoms with Gasteiger partial charge in [-0.2, -0.15) is 0 Å². The topological polar surface area (TPSA) is 58.4 Å². The van der Waals surface area contributed by atoms with Crippen molar-refractivity contribution in [3.63, 3.8) is 0 Å². The summed E-state index contributed by atoms with van der Waals surface area (Å²) in [4.78, 5) is 13.0. The molecule has 0 spiro atoms. The number of carbonyl (C=O) groups excluding carboxylic acids is 1. The molecule has 0 bridgehead atoms. The van der Waals surface area contributed by atoms with Gasteiger partial charge in [-0.15, -0.1) is 0 Å². The van der Waals surface area contributed by atoms with Crippen molar-refractivity contribution in [2.45, 2.75) is 45.1 Å². The molecule has 1 amide bonds. The molecule has 0 aromatic heterocycles. The number of nitrogens with zero attached hydrogens (tertiary/aromatic N) is 1. The monoisotopic (exact) mass is 241 g/mol. The highest BCUT2D eigenvalue weighted by atomic mass is 16.1. The quantitative estimate of drug-likeness (QED) is 0.653. The average molecular weight is 241 g/mol. The first-order valence-corrected chi connectivity index (χ1v) is 6.80. The molecule has 1 aliphatic rings. The predicted molar refractivity (Wildman–Crippen MR) is 70.7 cm³/mol. The summed E-state index contributed by atoms with van der Waals surface area (Å²) in [7, 11) is 2.19. The van der Waals surface area contributed by atoms with Crippen LogP contribution in [0.15, 0.2) is 0 Å². The summed E-state index contributed by atoms with van der Waals surface area (Å²) in [6, 6.07) is 0.595. The number of likely N-dealkylation sites (tertiary alicyclic amines) is 1. The molecule has 1 aliphatic heterocycles. The van der Waals surface area contributed by atoms with Crippen LogP contribution in [-0.2, 0) is 4.79 Å². The molecule has 1 unspecified atom stereocenters. The summed E-state index contributed by atoms with van der Waals surface area (Å²) in [5, 5.41) is 3.57. The van der Waals surface area contributed by atoms with Gasteiger partial charge in [-0.25, -0.2) is 0 Å². The Bertz CT molecular complexity index is 225. The van der Waals surface area contributed by atoms with Gasteiger partial charge >= 0.3 is 0 Å². The smallest absolute Gasteiger partial charge is 0.217 e. The number of piperidine rings is 1. The highest BCUT2D eigenvalue weighted by Crippen LogP contribution is 2.19. The van der Waals surface area contributed by atoms with Crippen molar-refractivity contribution in [1.29, 1.82) is 0 Å². The third-order valence-corrected chi connectivity index (χ3v) is 3.79. The maximum atomic E-state index is 10.6. The second kappa shape index (κ2) is 7.67. The van der Waals surface area contributed by atoms with Gasteiger partial charge in [-0.3, -0.25) is 4.79 Å². The van der Waals surface area contributed by atoms with E-state index in [0.717, 1.165) is 25.3 Å². The molecule has 4 nitrogen and oxygen atoms in total. The van der Waals surface area contributed by atoms with Crippen molar-refractivity contribution < 1.29 is 4.79 Å². The molecule has 0 saturated carbocycles. The summed E-state index contributed by atoms with van der Waals surface area (Å²) >= 11 is 0. The number of amides is 1. The van der Waals surface area contributed by atoms with Crippen molar-refractivity contribution in [3.05, 3.63) is 0 Å². The van der Waals surface area contributed by atoms with E-state index in [-0.39, 0.29) is 5.91 Å².